The number of carboxylic acid groups (broad SMARTS) is 1. The smallest absolute Gasteiger partial charge is 0.337 e. The van der Waals surface area contributed by atoms with Gasteiger partial charge in [0.2, 0.25) is 0 Å². The molecule has 0 aliphatic carbocycles. The number of aryl methyl sites for hydroxylation is 1. The van der Waals surface area contributed by atoms with E-state index in [-0.39, 0.29) is 11.6 Å². The fraction of sp³-hybridized carbons (Fsp3) is 0.308. The molecule has 6 heteroatoms. The Hall–Kier alpha value is -1.95. The number of pyridine rings is 1. The van der Waals surface area contributed by atoms with Gasteiger partial charge in [-0.25, -0.2) is 9.78 Å². The van der Waals surface area contributed by atoms with E-state index in [0.717, 1.165) is 11.4 Å². The lowest BCUT2D eigenvalue weighted by Gasteiger charge is -2.14. The van der Waals surface area contributed by atoms with Gasteiger partial charge in [0.05, 0.1) is 23.5 Å². The van der Waals surface area contributed by atoms with Crippen LogP contribution < -0.4 is 5.32 Å². The Morgan fingerprint density at radius 2 is 2.32 bits per heavy atom. The van der Waals surface area contributed by atoms with Crippen LogP contribution in [0.3, 0.4) is 0 Å². The van der Waals surface area contributed by atoms with E-state index in [1.54, 1.807) is 11.3 Å². The molecule has 1 atom stereocenters. The molecular weight excluding hydrogens is 262 g/mol. The topological polar surface area (TPSA) is 75.1 Å². The summed E-state index contributed by atoms with van der Waals surface area (Å²) in [6.45, 7) is 4.04. The molecular formula is C13H15N3O2S. The number of rotatable bonds is 5. The Bertz CT molecular complexity index is 583. The van der Waals surface area contributed by atoms with E-state index >= 15 is 0 Å². The van der Waals surface area contributed by atoms with E-state index in [1.165, 1.54) is 23.3 Å². The standard InChI is InChI=1S/C13H15N3O2S/c1-3-9-6-15-12(19-9)8(2)16-11-7-14-5-4-10(11)13(17)18/h4-8,16H,3H2,1-2H3,(H,17,18). The van der Waals surface area contributed by atoms with Crippen molar-refractivity contribution in [1.82, 2.24) is 9.97 Å². The number of hydrogen-bond donors (Lipinski definition) is 2. The van der Waals surface area contributed by atoms with Crippen LogP contribution in [0.1, 0.15) is 40.1 Å². The Balaban J connectivity index is 2.19. The molecule has 0 spiro atoms. The van der Waals surface area contributed by atoms with Gasteiger partial charge in [0.25, 0.3) is 0 Å². The van der Waals surface area contributed by atoms with Crippen molar-refractivity contribution in [3.63, 3.8) is 0 Å². The van der Waals surface area contributed by atoms with E-state index in [0.29, 0.717) is 5.69 Å². The molecule has 2 aromatic heterocycles. The largest absolute Gasteiger partial charge is 0.478 e. The molecule has 0 aliphatic heterocycles. The molecule has 2 aromatic rings. The summed E-state index contributed by atoms with van der Waals surface area (Å²) < 4.78 is 0. The van der Waals surface area contributed by atoms with Crippen molar-refractivity contribution in [3.05, 3.63) is 40.1 Å². The number of anilines is 1. The van der Waals surface area contributed by atoms with Crippen LogP contribution in [0.2, 0.25) is 0 Å². The molecule has 19 heavy (non-hydrogen) atoms. The van der Waals surface area contributed by atoms with Crippen LogP contribution in [0.25, 0.3) is 0 Å². The fourth-order valence-electron chi connectivity index (χ4n) is 1.68. The van der Waals surface area contributed by atoms with Crippen molar-refractivity contribution in [2.75, 3.05) is 5.32 Å². The summed E-state index contributed by atoms with van der Waals surface area (Å²) in [5, 5.41) is 13.2. The van der Waals surface area contributed by atoms with Gasteiger partial charge in [-0.3, -0.25) is 4.98 Å². The van der Waals surface area contributed by atoms with Crippen molar-refractivity contribution in [3.8, 4) is 0 Å². The maximum Gasteiger partial charge on any atom is 0.337 e. The lowest BCUT2D eigenvalue weighted by molar-refractivity contribution is 0.0698. The number of carbonyl (C=O) groups is 1. The molecule has 0 aromatic carbocycles. The van der Waals surface area contributed by atoms with Crippen LogP contribution in [0.15, 0.2) is 24.7 Å². The Kier molecular flexibility index (Phi) is 4.11. The normalized spacial score (nSPS) is 12.1. The second-order valence-electron chi connectivity index (χ2n) is 4.11. The van der Waals surface area contributed by atoms with Crippen LogP contribution in [0.5, 0.6) is 0 Å². The number of nitrogens with one attached hydrogen (secondary N) is 1. The summed E-state index contributed by atoms with van der Waals surface area (Å²) in [5.74, 6) is -0.967. The van der Waals surface area contributed by atoms with E-state index in [4.69, 9.17) is 5.11 Å². The second kappa shape index (κ2) is 5.79. The van der Waals surface area contributed by atoms with Crippen molar-refractivity contribution in [1.29, 1.82) is 0 Å². The summed E-state index contributed by atoms with van der Waals surface area (Å²) in [6.07, 6.45) is 5.81. The molecule has 5 nitrogen and oxygen atoms in total. The maximum absolute atomic E-state index is 11.1. The highest BCUT2D eigenvalue weighted by Crippen LogP contribution is 2.25. The number of carboxylic acids is 1. The highest BCUT2D eigenvalue weighted by atomic mass is 32.1. The minimum atomic E-state index is -0.967. The van der Waals surface area contributed by atoms with Crippen molar-refractivity contribution < 1.29 is 9.90 Å². The number of nitrogens with zero attached hydrogens (tertiary/aromatic N) is 2. The van der Waals surface area contributed by atoms with E-state index in [9.17, 15) is 4.79 Å². The summed E-state index contributed by atoms with van der Waals surface area (Å²) >= 11 is 1.63. The average Bonchev–Trinajstić information content (AvgIpc) is 2.88. The molecule has 0 radical (unpaired) electrons. The first-order valence-electron chi connectivity index (χ1n) is 6.00. The molecule has 2 heterocycles. The van der Waals surface area contributed by atoms with Gasteiger partial charge in [0, 0.05) is 17.3 Å². The lowest BCUT2D eigenvalue weighted by Crippen LogP contribution is -2.10. The Labute approximate surface area is 115 Å². The predicted molar refractivity (Wildman–Crippen MR) is 74.7 cm³/mol. The molecule has 2 rings (SSSR count). The molecule has 0 saturated heterocycles. The third-order valence-electron chi connectivity index (χ3n) is 2.71. The Morgan fingerprint density at radius 1 is 1.53 bits per heavy atom. The summed E-state index contributed by atoms with van der Waals surface area (Å²) in [5.41, 5.74) is 0.727. The minimum Gasteiger partial charge on any atom is -0.478 e. The highest BCUT2D eigenvalue weighted by molar-refractivity contribution is 7.11. The number of hydrogen-bond acceptors (Lipinski definition) is 5. The molecule has 100 valence electrons. The Morgan fingerprint density at radius 3 is 2.95 bits per heavy atom. The molecule has 0 bridgehead atoms. The first-order valence-corrected chi connectivity index (χ1v) is 6.82. The molecule has 2 N–H and O–H groups in total. The summed E-state index contributed by atoms with van der Waals surface area (Å²) in [6, 6.07) is 1.43. The van der Waals surface area contributed by atoms with Crippen LogP contribution >= 0.6 is 11.3 Å². The minimum absolute atomic E-state index is 0.0485. The van der Waals surface area contributed by atoms with Crippen molar-refractivity contribution in [2.45, 2.75) is 26.3 Å². The van der Waals surface area contributed by atoms with Crippen molar-refractivity contribution >= 4 is 23.0 Å². The van der Waals surface area contributed by atoms with Crippen LogP contribution in [0, 0.1) is 0 Å². The van der Waals surface area contributed by atoms with Gasteiger partial charge in [-0.05, 0) is 19.4 Å². The van der Waals surface area contributed by atoms with Crippen LogP contribution in [-0.2, 0) is 6.42 Å². The van der Waals surface area contributed by atoms with Gasteiger partial charge in [0.1, 0.15) is 5.01 Å². The highest BCUT2D eigenvalue weighted by Gasteiger charge is 2.14. The maximum atomic E-state index is 11.1. The first-order chi connectivity index (χ1) is 9.11. The zero-order chi connectivity index (χ0) is 13.8. The third kappa shape index (κ3) is 3.08. The zero-order valence-corrected chi connectivity index (χ0v) is 11.6. The summed E-state index contributed by atoms with van der Waals surface area (Å²) in [4.78, 5) is 20.6. The number of aromatic carboxylic acids is 1. The number of aromatic nitrogens is 2. The molecule has 0 saturated carbocycles. The predicted octanol–water partition coefficient (Wildman–Crippen LogP) is 2.97. The quantitative estimate of drug-likeness (QED) is 0.878. The first kappa shape index (κ1) is 13.5. The van der Waals surface area contributed by atoms with Gasteiger partial charge in [-0.2, -0.15) is 0 Å². The zero-order valence-electron chi connectivity index (χ0n) is 10.8. The van der Waals surface area contributed by atoms with E-state index < -0.39 is 5.97 Å². The van der Waals surface area contributed by atoms with Crippen molar-refractivity contribution in [2.24, 2.45) is 0 Å². The molecule has 0 fully saturated rings. The van der Waals surface area contributed by atoms with Gasteiger partial charge in [0.15, 0.2) is 0 Å². The van der Waals surface area contributed by atoms with Gasteiger partial charge >= 0.3 is 5.97 Å². The number of thiazole rings is 1. The molecule has 0 aliphatic rings. The SMILES string of the molecule is CCc1cnc(C(C)Nc2cnccc2C(=O)O)s1. The van der Waals surface area contributed by atoms with Gasteiger partial charge < -0.3 is 10.4 Å². The lowest BCUT2D eigenvalue weighted by atomic mass is 10.2. The summed E-state index contributed by atoms with van der Waals surface area (Å²) in [7, 11) is 0. The van der Waals surface area contributed by atoms with Gasteiger partial charge in [-0.15, -0.1) is 11.3 Å². The third-order valence-corrected chi connectivity index (χ3v) is 4.04. The fourth-order valence-corrected chi connectivity index (χ4v) is 2.54. The van der Waals surface area contributed by atoms with Gasteiger partial charge in [-0.1, -0.05) is 6.92 Å². The van der Waals surface area contributed by atoms with E-state index in [2.05, 4.69) is 22.2 Å². The van der Waals surface area contributed by atoms with Crippen LogP contribution in [0.4, 0.5) is 5.69 Å². The molecule has 1 unspecified atom stereocenters. The average molecular weight is 277 g/mol. The molecule has 0 amide bonds. The second-order valence-corrected chi connectivity index (χ2v) is 5.26. The monoisotopic (exact) mass is 277 g/mol. The van der Waals surface area contributed by atoms with E-state index in [1.807, 2.05) is 13.1 Å². The van der Waals surface area contributed by atoms with Crippen LogP contribution in [-0.4, -0.2) is 21.0 Å².